The fourth-order valence-corrected chi connectivity index (χ4v) is 1.34. The minimum atomic E-state index is 0.0614. The fourth-order valence-electron chi connectivity index (χ4n) is 1.34. The first-order chi connectivity index (χ1) is 8.04. The van der Waals surface area contributed by atoms with Crippen LogP contribution in [-0.4, -0.2) is 29.7 Å². The molecule has 0 aromatic carbocycles. The molecule has 0 saturated carbocycles. The monoisotopic (exact) mass is 239 g/mol. The Morgan fingerprint density at radius 2 is 1.71 bits per heavy atom. The molecule has 1 N–H and O–H groups in total. The smallest absolute Gasteiger partial charge is 0.224 e. The van der Waals surface area contributed by atoms with Gasteiger partial charge in [0, 0.05) is 12.1 Å². The van der Waals surface area contributed by atoms with Crippen LogP contribution >= 0.6 is 0 Å². The predicted octanol–water partition coefficient (Wildman–Crippen LogP) is 1.77. The van der Waals surface area contributed by atoms with E-state index in [0.717, 1.165) is 12.0 Å². The molecule has 0 amide bonds. The van der Waals surface area contributed by atoms with E-state index in [1.165, 1.54) is 6.33 Å². The van der Waals surface area contributed by atoms with Gasteiger partial charge in [-0.3, -0.25) is 0 Å². The molecule has 96 valence electrons. The highest BCUT2D eigenvalue weighted by atomic mass is 16.5. The second-order valence-corrected chi connectivity index (χ2v) is 4.46. The largest absolute Gasteiger partial charge is 0.481 e. The van der Waals surface area contributed by atoms with Gasteiger partial charge in [-0.05, 0) is 20.3 Å². The molecule has 0 unspecified atom stereocenters. The van der Waals surface area contributed by atoms with Gasteiger partial charge < -0.3 is 14.8 Å². The summed E-state index contributed by atoms with van der Waals surface area (Å²) >= 11 is 0. The summed E-state index contributed by atoms with van der Waals surface area (Å²) in [7, 11) is 3.19. The van der Waals surface area contributed by atoms with Crippen molar-refractivity contribution in [3.05, 3.63) is 11.9 Å². The number of nitrogens with zero attached hydrogens (tertiary/aromatic N) is 2. The van der Waals surface area contributed by atoms with Crippen LogP contribution in [0.1, 0.15) is 32.8 Å². The molecule has 0 spiro atoms. The van der Waals surface area contributed by atoms with Crippen LogP contribution in [0.5, 0.6) is 11.8 Å². The van der Waals surface area contributed by atoms with E-state index < -0.39 is 0 Å². The zero-order chi connectivity index (χ0) is 12.9. The van der Waals surface area contributed by atoms with Gasteiger partial charge in [0.05, 0.1) is 19.8 Å². The van der Waals surface area contributed by atoms with E-state index in [9.17, 15) is 0 Å². The molecule has 0 fully saturated rings. The number of hydrogen-bond acceptors (Lipinski definition) is 5. The van der Waals surface area contributed by atoms with Crippen LogP contribution < -0.4 is 14.8 Å². The zero-order valence-corrected chi connectivity index (χ0v) is 11.2. The van der Waals surface area contributed by atoms with Gasteiger partial charge in [-0.25, -0.2) is 9.97 Å². The van der Waals surface area contributed by atoms with E-state index in [1.54, 1.807) is 14.2 Å². The maximum Gasteiger partial charge on any atom is 0.224 e. The Bertz CT molecular complexity index is 345. The summed E-state index contributed by atoms with van der Waals surface area (Å²) in [6, 6.07) is 0. The minimum Gasteiger partial charge on any atom is -0.481 e. The summed E-state index contributed by atoms with van der Waals surface area (Å²) in [5.41, 5.74) is 0.908. The highest BCUT2D eigenvalue weighted by molar-refractivity contribution is 5.34. The molecule has 0 aliphatic carbocycles. The Balaban J connectivity index is 2.88. The molecular weight excluding hydrogens is 218 g/mol. The lowest BCUT2D eigenvalue weighted by Gasteiger charge is -2.25. The molecule has 0 bridgehead atoms. The SMILES string of the molecule is CCC(C)(C)NCc1c(OC)ncnc1OC. The Kier molecular flexibility index (Phi) is 4.69. The molecule has 1 aromatic heterocycles. The van der Waals surface area contributed by atoms with E-state index in [4.69, 9.17) is 9.47 Å². The van der Waals surface area contributed by atoms with Crippen molar-refractivity contribution in [3.63, 3.8) is 0 Å². The summed E-state index contributed by atoms with van der Waals surface area (Å²) in [6.07, 6.45) is 2.47. The maximum atomic E-state index is 5.22. The van der Waals surface area contributed by atoms with Crippen molar-refractivity contribution in [1.29, 1.82) is 0 Å². The van der Waals surface area contributed by atoms with Gasteiger partial charge >= 0.3 is 0 Å². The lowest BCUT2D eigenvalue weighted by Crippen LogP contribution is -2.38. The van der Waals surface area contributed by atoms with Crippen LogP contribution in [0.2, 0.25) is 0 Å². The molecule has 0 atom stereocenters. The molecular formula is C12H21N3O2. The Morgan fingerprint density at radius 1 is 1.18 bits per heavy atom. The summed E-state index contributed by atoms with van der Waals surface area (Å²) in [5, 5.41) is 3.43. The van der Waals surface area contributed by atoms with Gasteiger partial charge in [-0.2, -0.15) is 0 Å². The lowest BCUT2D eigenvalue weighted by atomic mass is 10.0. The number of methoxy groups -OCH3 is 2. The summed E-state index contributed by atoms with van der Waals surface area (Å²) in [6.45, 7) is 7.06. The Labute approximate surface area is 103 Å². The Morgan fingerprint density at radius 3 is 2.12 bits per heavy atom. The normalized spacial score (nSPS) is 11.4. The molecule has 0 radical (unpaired) electrons. The average Bonchev–Trinajstić information content (AvgIpc) is 2.35. The zero-order valence-electron chi connectivity index (χ0n) is 11.2. The molecule has 5 nitrogen and oxygen atoms in total. The van der Waals surface area contributed by atoms with Gasteiger partial charge in [0.15, 0.2) is 0 Å². The van der Waals surface area contributed by atoms with Gasteiger partial charge in [-0.15, -0.1) is 0 Å². The van der Waals surface area contributed by atoms with Crippen molar-refractivity contribution in [2.24, 2.45) is 0 Å². The fraction of sp³-hybridized carbons (Fsp3) is 0.667. The number of hydrogen-bond donors (Lipinski definition) is 1. The average molecular weight is 239 g/mol. The van der Waals surface area contributed by atoms with Crippen LogP contribution in [0.15, 0.2) is 6.33 Å². The van der Waals surface area contributed by atoms with E-state index in [1.807, 2.05) is 0 Å². The quantitative estimate of drug-likeness (QED) is 0.820. The van der Waals surface area contributed by atoms with Gasteiger partial charge in [0.2, 0.25) is 11.8 Å². The summed E-state index contributed by atoms with van der Waals surface area (Å²) in [4.78, 5) is 8.16. The predicted molar refractivity (Wildman–Crippen MR) is 66.3 cm³/mol. The molecule has 1 rings (SSSR count). The van der Waals surface area contributed by atoms with Crippen LogP contribution in [0.4, 0.5) is 0 Å². The Hall–Kier alpha value is -1.36. The summed E-state index contributed by atoms with van der Waals surface area (Å²) < 4.78 is 10.4. The number of aromatic nitrogens is 2. The third-order valence-electron chi connectivity index (χ3n) is 2.88. The number of nitrogens with one attached hydrogen (secondary N) is 1. The first-order valence-corrected chi connectivity index (χ1v) is 5.71. The highest BCUT2D eigenvalue weighted by Crippen LogP contribution is 2.24. The van der Waals surface area contributed by atoms with Crippen LogP contribution in [0, 0.1) is 0 Å². The van der Waals surface area contributed by atoms with Crippen LogP contribution in [0.25, 0.3) is 0 Å². The van der Waals surface area contributed by atoms with Crippen molar-refractivity contribution in [2.75, 3.05) is 14.2 Å². The van der Waals surface area contributed by atoms with Crippen LogP contribution in [0.3, 0.4) is 0 Å². The highest BCUT2D eigenvalue weighted by Gasteiger charge is 2.18. The second kappa shape index (κ2) is 5.82. The lowest BCUT2D eigenvalue weighted by molar-refractivity contribution is 0.337. The maximum absolute atomic E-state index is 5.22. The van der Waals surface area contributed by atoms with Crippen molar-refractivity contribution in [2.45, 2.75) is 39.3 Å². The van der Waals surface area contributed by atoms with Crippen LogP contribution in [-0.2, 0) is 6.54 Å². The molecule has 17 heavy (non-hydrogen) atoms. The molecule has 0 aliphatic heterocycles. The summed E-state index contributed by atoms with van der Waals surface area (Å²) in [5.74, 6) is 1.10. The number of ether oxygens (including phenoxy) is 2. The molecule has 5 heteroatoms. The van der Waals surface area contributed by atoms with Crippen molar-refractivity contribution < 1.29 is 9.47 Å². The number of rotatable bonds is 6. The van der Waals surface area contributed by atoms with Crippen molar-refractivity contribution >= 4 is 0 Å². The van der Waals surface area contributed by atoms with E-state index in [2.05, 4.69) is 36.1 Å². The van der Waals surface area contributed by atoms with Gasteiger partial charge in [0.1, 0.15) is 6.33 Å². The molecule has 1 heterocycles. The first-order valence-electron chi connectivity index (χ1n) is 5.71. The van der Waals surface area contributed by atoms with Gasteiger partial charge in [-0.1, -0.05) is 6.92 Å². The van der Waals surface area contributed by atoms with Gasteiger partial charge in [0.25, 0.3) is 0 Å². The van der Waals surface area contributed by atoms with E-state index in [-0.39, 0.29) is 5.54 Å². The third kappa shape index (κ3) is 3.56. The van der Waals surface area contributed by atoms with Crippen molar-refractivity contribution in [3.8, 4) is 11.8 Å². The minimum absolute atomic E-state index is 0.0614. The second-order valence-electron chi connectivity index (χ2n) is 4.46. The van der Waals surface area contributed by atoms with Crippen molar-refractivity contribution in [1.82, 2.24) is 15.3 Å². The molecule has 0 aliphatic rings. The third-order valence-corrected chi connectivity index (χ3v) is 2.88. The topological polar surface area (TPSA) is 56.3 Å². The first kappa shape index (κ1) is 13.7. The van der Waals surface area contributed by atoms with E-state index >= 15 is 0 Å². The standard InChI is InChI=1S/C12H21N3O2/c1-6-12(2,3)15-7-9-10(16-4)13-8-14-11(9)17-5/h8,15H,6-7H2,1-5H3. The van der Waals surface area contributed by atoms with E-state index in [0.29, 0.717) is 18.3 Å². The molecule has 1 aromatic rings. The molecule has 0 saturated heterocycles.